The van der Waals surface area contributed by atoms with E-state index in [1.807, 2.05) is 24.3 Å². The van der Waals surface area contributed by atoms with E-state index in [1.54, 1.807) is 0 Å². The molecule has 0 fully saturated rings. The van der Waals surface area contributed by atoms with Crippen molar-refractivity contribution in [1.29, 1.82) is 0 Å². The lowest BCUT2D eigenvalue weighted by Crippen LogP contribution is -1.98. The molecule has 0 aliphatic rings. The molecule has 0 atom stereocenters. The standard InChI is InChI=1S/C11H19O5PSi/c1-13-17(12,14-2)15-9-3-4-10-5-7-11(16-18)8-6-10/h5-8H,3-4,9H2,1-2,18H3. The van der Waals surface area contributed by atoms with E-state index in [-0.39, 0.29) is 0 Å². The van der Waals surface area contributed by atoms with E-state index in [0.29, 0.717) is 17.1 Å². The van der Waals surface area contributed by atoms with Gasteiger partial charge in [0, 0.05) is 14.2 Å². The summed E-state index contributed by atoms with van der Waals surface area (Å²) in [4.78, 5) is 0. The molecule has 1 rings (SSSR count). The van der Waals surface area contributed by atoms with E-state index >= 15 is 0 Å². The Labute approximate surface area is 111 Å². The molecule has 0 aliphatic carbocycles. The third kappa shape index (κ3) is 4.92. The van der Waals surface area contributed by atoms with Crippen molar-refractivity contribution >= 4 is 18.3 Å². The lowest BCUT2D eigenvalue weighted by Gasteiger charge is -2.12. The second-order valence-electron chi connectivity index (χ2n) is 3.60. The van der Waals surface area contributed by atoms with E-state index < -0.39 is 7.82 Å². The van der Waals surface area contributed by atoms with Gasteiger partial charge < -0.3 is 4.43 Å². The Kier molecular flexibility index (Phi) is 6.60. The predicted octanol–water partition coefficient (Wildman–Crippen LogP) is 1.70. The Morgan fingerprint density at radius 3 is 2.28 bits per heavy atom. The van der Waals surface area contributed by atoms with E-state index in [1.165, 1.54) is 19.8 Å². The average molecular weight is 290 g/mol. The van der Waals surface area contributed by atoms with Gasteiger partial charge in [-0.15, -0.1) is 0 Å². The highest BCUT2D eigenvalue weighted by molar-refractivity contribution is 7.48. The molecular weight excluding hydrogens is 271 g/mol. The molecule has 0 amide bonds. The quantitative estimate of drug-likeness (QED) is 0.414. The third-order valence-corrected chi connectivity index (χ3v) is 4.33. The fourth-order valence-electron chi connectivity index (χ4n) is 1.42. The highest BCUT2D eigenvalue weighted by Gasteiger charge is 2.21. The molecule has 1 aromatic carbocycles. The lowest BCUT2D eigenvalue weighted by atomic mass is 10.1. The Balaban J connectivity index is 2.31. The Bertz CT molecular complexity index is 387. The van der Waals surface area contributed by atoms with Gasteiger partial charge in [-0.25, -0.2) is 4.57 Å². The number of hydrogen-bond acceptors (Lipinski definition) is 5. The zero-order chi connectivity index (χ0) is 13.4. The topological polar surface area (TPSA) is 54.0 Å². The maximum absolute atomic E-state index is 11.6. The third-order valence-electron chi connectivity index (χ3n) is 2.47. The van der Waals surface area contributed by atoms with Crippen LogP contribution in [0.2, 0.25) is 0 Å². The van der Waals surface area contributed by atoms with Crippen molar-refractivity contribution in [3.63, 3.8) is 0 Å². The fraction of sp³-hybridized carbons (Fsp3) is 0.455. The maximum Gasteiger partial charge on any atom is 0.474 e. The summed E-state index contributed by atoms with van der Waals surface area (Å²) in [6, 6.07) is 7.91. The number of phosphoric acid groups is 1. The molecule has 7 heteroatoms. The van der Waals surface area contributed by atoms with Crippen molar-refractivity contribution in [3.8, 4) is 5.75 Å². The fourth-order valence-corrected chi connectivity index (χ4v) is 2.41. The lowest BCUT2D eigenvalue weighted by molar-refractivity contribution is 0.151. The zero-order valence-electron chi connectivity index (χ0n) is 10.9. The first-order valence-electron chi connectivity index (χ1n) is 5.62. The van der Waals surface area contributed by atoms with Crippen LogP contribution >= 0.6 is 7.82 Å². The van der Waals surface area contributed by atoms with E-state index in [4.69, 9.17) is 8.95 Å². The Morgan fingerprint density at radius 1 is 1.17 bits per heavy atom. The van der Waals surface area contributed by atoms with Crippen LogP contribution in [0.3, 0.4) is 0 Å². The van der Waals surface area contributed by atoms with Crippen LogP contribution in [0.25, 0.3) is 0 Å². The molecule has 0 heterocycles. The van der Waals surface area contributed by atoms with Gasteiger partial charge >= 0.3 is 7.82 Å². The first-order valence-corrected chi connectivity index (χ1v) is 7.90. The summed E-state index contributed by atoms with van der Waals surface area (Å²) in [6.45, 7) is 0.331. The van der Waals surface area contributed by atoms with E-state index in [2.05, 4.69) is 9.05 Å². The van der Waals surface area contributed by atoms with Crippen LogP contribution in [0.4, 0.5) is 0 Å². The highest BCUT2D eigenvalue weighted by atomic mass is 31.2. The minimum Gasteiger partial charge on any atom is -0.553 e. The summed E-state index contributed by atoms with van der Waals surface area (Å²) in [7, 11) is -0.0311. The smallest absolute Gasteiger partial charge is 0.474 e. The van der Waals surface area contributed by atoms with Crippen molar-refractivity contribution in [1.82, 2.24) is 0 Å². The molecular formula is C11H19O5PSi. The molecule has 0 radical (unpaired) electrons. The average Bonchev–Trinajstić information content (AvgIpc) is 2.44. The van der Waals surface area contributed by atoms with Gasteiger partial charge in [0.15, 0.2) is 0 Å². The summed E-state index contributed by atoms with van der Waals surface area (Å²) >= 11 is 0. The van der Waals surface area contributed by atoms with Gasteiger partial charge in [-0.2, -0.15) is 0 Å². The number of rotatable bonds is 8. The van der Waals surface area contributed by atoms with Gasteiger partial charge in [0.25, 0.3) is 0 Å². The largest absolute Gasteiger partial charge is 0.553 e. The maximum atomic E-state index is 11.6. The van der Waals surface area contributed by atoms with Gasteiger partial charge in [0.1, 0.15) is 5.75 Å². The summed E-state index contributed by atoms with van der Waals surface area (Å²) in [5.74, 6) is 0.893. The van der Waals surface area contributed by atoms with Crippen molar-refractivity contribution < 1.29 is 22.6 Å². The van der Waals surface area contributed by atoms with Crippen molar-refractivity contribution in [2.24, 2.45) is 0 Å². The first-order chi connectivity index (χ1) is 8.63. The normalized spacial score (nSPS) is 11.7. The molecule has 0 unspecified atom stereocenters. The molecule has 0 N–H and O–H groups in total. The summed E-state index contributed by atoms with van der Waals surface area (Å²) in [5.41, 5.74) is 1.19. The zero-order valence-corrected chi connectivity index (χ0v) is 13.8. The molecule has 1 aromatic rings. The van der Waals surface area contributed by atoms with Gasteiger partial charge in [-0.3, -0.25) is 13.6 Å². The molecule has 0 saturated heterocycles. The molecule has 0 aromatic heterocycles. The second kappa shape index (κ2) is 7.71. The van der Waals surface area contributed by atoms with Crippen molar-refractivity contribution in [2.45, 2.75) is 12.8 Å². The van der Waals surface area contributed by atoms with Crippen LogP contribution < -0.4 is 4.43 Å². The minimum atomic E-state index is -3.33. The minimum absolute atomic E-state index is 0.331. The number of aryl methyl sites for hydroxylation is 1. The van der Waals surface area contributed by atoms with Gasteiger partial charge in [-0.1, -0.05) is 12.1 Å². The molecule has 0 saturated carbocycles. The molecule has 18 heavy (non-hydrogen) atoms. The highest BCUT2D eigenvalue weighted by Crippen LogP contribution is 2.47. The Hall–Kier alpha value is -0.653. The van der Waals surface area contributed by atoms with Crippen LogP contribution in [0.1, 0.15) is 12.0 Å². The van der Waals surface area contributed by atoms with Gasteiger partial charge in [0.05, 0.1) is 6.61 Å². The molecule has 5 nitrogen and oxygen atoms in total. The number of phosphoric ester groups is 1. The number of hydrogen-bond donors (Lipinski definition) is 0. The molecule has 0 spiro atoms. The van der Waals surface area contributed by atoms with Crippen LogP contribution in [-0.4, -0.2) is 31.3 Å². The monoisotopic (exact) mass is 290 g/mol. The first kappa shape index (κ1) is 15.4. The van der Waals surface area contributed by atoms with E-state index in [0.717, 1.165) is 18.6 Å². The van der Waals surface area contributed by atoms with Gasteiger partial charge in [-0.05, 0) is 30.5 Å². The summed E-state index contributed by atoms with van der Waals surface area (Å²) < 4.78 is 31.2. The van der Waals surface area contributed by atoms with Crippen molar-refractivity contribution in [2.75, 3.05) is 20.8 Å². The van der Waals surface area contributed by atoms with Gasteiger partial charge in [0.2, 0.25) is 10.5 Å². The van der Waals surface area contributed by atoms with Crippen LogP contribution in [0, 0.1) is 0 Å². The van der Waals surface area contributed by atoms with Crippen LogP contribution in [0.5, 0.6) is 5.75 Å². The second-order valence-corrected chi connectivity index (χ2v) is 5.89. The SMILES string of the molecule is COP(=O)(OC)OCCCc1ccc(O[SiH3])cc1. The van der Waals surface area contributed by atoms with Crippen LogP contribution in [-0.2, 0) is 24.6 Å². The van der Waals surface area contributed by atoms with Crippen LogP contribution in [0.15, 0.2) is 24.3 Å². The predicted molar refractivity (Wildman–Crippen MR) is 72.9 cm³/mol. The van der Waals surface area contributed by atoms with E-state index in [9.17, 15) is 4.57 Å². The van der Waals surface area contributed by atoms with Crippen molar-refractivity contribution in [3.05, 3.63) is 29.8 Å². The Morgan fingerprint density at radius 2 is 1.78 bits per heavy atom. The molecule has 0 aliphatic heterocycles. The number of benzene rings is 1. The summed E-state index contributed by atoms with van der Waals surface area (Å²) in [6.07, 6.45) is 1.59. The molecule has 102 valence electrons. The molecule has 0 bridgehead atoms. The summed E-state index contributed by atoms with van der Waals surface area (Å²) in [5, 5.41) is 0.